The Morgan fingerprint density at radius 1 is 1.07 bits per heavy atom. The summed E-state index contributed by atoms with van der Waals surface area (Å²) in [6, 6.07) is 15.3. The largest absolute Gasteiger partial charge is 0.388 e. The summed E-state index contributed by atoms with van der Waals surface area (Å²) in [6.07, 6.45) is 0.391. The molecule has 4 N–H and O–H groups in total. The summed E-state index contributed by atoms with van der Waals surface area (Å²) in [7, 11) is -2.05. The summed E-state index contributed by atoms with van der Waals surface area (Å²) in [4.78, 5) is 13.0. The third kappa shape index (κ3) is 6.37. The third-order valence-electron chi connectivity index (χ3n) is 4.55. The maximum absolute atomic E-state index is 13.2. The molecule has 0 saturated heterocycles. The van der Waals surface area contributed by atoms with Gasteiger partial charge in [0.25, 0.3) is 0 Å². The number of carbonyl (C=O) groups is 1. The number of Topliss-reactive ketones (excluding diaryl/α,β-unsaturated/α-hetero) is 1. The highest BCUT2D eigenvalue weighted by Gasteiger charge is 2.29. The number of carbonyl (C=O) groups excluding carboxylic acids is 1. The first-order valence-corrected chi connectivity index (χ1v) is 11.0. The zero-order valence-electron chi connectivity index (χ0n) is 17.1. The number of hydrogen-bond acceptors (Lipinski definition) is 6. The molecule has 0 amide bonds. The predicted molar refractivity (Wildman–Crippen MR) is 116 cm³/mol. The van der Waals surface area contributed by atoms with Gasteiger partial charge in [0.2, 0.25) is 10.0 Å². The molecule has 0 saturated carbocycles. The first-order chi connectivity index (χ1) is 13.8. The van der Waals surface area contributed by atoms with Crippen molar-refractivity contribution in [2.24, 2.45) is 11.8 Å². The van der Waals surface area contributed by atoms with Crippen LogP contribution in [0.25, 0.3) is 0 Å². The average molecular weight is 419 g/mol. The van der Waals surface area contributed by atoms with Crippen molar-refractivity contribution in [2.45, 2.75) is 31.2 Å². The summed E-state index contributed by atoms with van der Waals surface area (Å²) < 4.78 is 27.6. The zero-order chi connectivity index (χ0) is 21.4. The van der Waals surface area contributed by atoms with Crippen molar-refractivity contribution in [3.05, 3.63) is 60.2 Å². The van der Waals surface area contributed by atoms with Crippen LogP contribution >= 0.6 is 0 Å². The number of nitrogens with zero attached hydrogens (tertiary/aromatic N) is 1. The van der Waals surface area contributed by atoms with Crippen molar-refractivity contribution in [1.82, 2.24) is 9.73 Å². The fourth-order valence-corrected chi connectivity index (χ4v) is 4.57. The number of rotatable bonds is 11. The van der Waals surface area contributed by atoms with Crippen LogP contribution in [0.3, 0.4) is 0 Å². The second-order valence-corrected chi connectivity index (χ2v) is 9.28. The standard InChI is InChI=1S/C21H30N4O3S/c1-16(2)14-25(29(27,28)19-11-9-18(23-3)10-12-19)15-21(26)20(24-22)13-17-7-5-4-6-8-17/h4-12,16,20,23-24H,13-15,22H2,1-3H3. The lowest BCUT2D eigenvalue weighted by Crippen LogP contribution is -2.49. The Balaban J connectivity index is 2.22. The van der Waals surface area contributed by atoms with Crippen LogP contribution in [0, 0.1) is 5.92 Å². The van der Waals surface area contributed by atoms with E-state index >= 15 is 0 Å². The van der Waals surface area contributed by atoms with E-state index in [4.69, 9.17) is 5.84 Å². The average Bonchev–Trinajstić information content (AvgIpc) is 2.71. The lowest BCUT2D eigenvalue weighted by Gasteiger charge is -2.25. The van der Waals surface area contributed by atoms with Crippen LogP contribution in [0.15, 0.2) is 59.5 Å². The van der Waals surface area contributed by atoms with Crippen molar-refractivity contribution in [2.75, 3.05) is 25.5 Å². The first kappa shape index (κ1) is 23.0. The van der Waals surface area contributed by atoms with Crippen LogP contribution in [0.5, 0.6) is 0 Å². The Kier molecular flexibility index (Phi) is 8.33. The molecule has 0 heterocycles. The molecule has 7 nitrogen and oxygen atoms in total. The molecule has 2 aromatic rings. The minimum atomic E-state index is -3.81. The van der Waals surface area contributed by atoms with Gasteiger partial charge in [-0.25, -0.2) is 13.8 Å². The fraction of sp³-hybridized carbons (Fsp3) is 0.381. The second-order valence-electron chi connectivity index (χ2n) is 7.34. The number of sulfonamides is 1. The molecule has 1 unspecified atom stereocenters. The summed E-state index contributed by atoms with van der Waals surface area (Å²) in [5.41, 5.74) is 4.30. The van der Waals surface area contributed by atoms with E-state index in [1.807, 2.05) is 44.2 Å². The summed E-state index contributed by atoms with van der Waals surface area (Å²) in [5, 5.41) is 2.96. The van der Waals surface area contributed by atoms with Crippen LogP contribution in [0.2, 0.25) is 0 Å². The van der Waals surface area contributed by atoms with E-state index in [1.54, 1.807) is 31.3 Å². The number of hydrogen-bond donors (Lipinski definition) is 3. The van der Waals surface area contributed by atoms with Gasteiger partial charge in [-0.15, -0.1) is 0 Å². The summed E-state index contributed by atoms with van der Waals surface area (Å²) in [6.45, 7) is 3.83. The Labute approximate surface area is 173 Å². The predicted octanol–water partition coefficient (Wildman–Crippen LogP) is 2.02. The molecule has 29 heavy (non-hydrogen) atoms. The maximum Gasteiger partial charge on any atom is 0.243 e. The lowest BCUT2D eigenvalue weighted by molar-refractivity contribution is -0.121. The first-order valence-electron chi connectivity index (χ1n) is 9.58. The number of nitrogens with two attached hydrogens (primary N) is 1. The van der Waals surface area contributed by atoms with Gasteiger partial charge in [0.1, 0.15) is 0 Å². The Morgan fingerprint density at radius 3 is 2.21 bits per heavy atom. The highest BCUT2D eigenvalue weighted by molar-refractivity contribution is 7.89. The van der Waals surface area contributed by atoms with E-state index in [2.05, 4.69) is 10.7 Å². The lowest BCUT2D eigenvalue weighted by atomic mass is 10.0. The van der Waals surface area contributed by atoms with E-state index in [0.717, 1.165) is 11.3 Å². The molecule has 0 aliphatic heterocycles. The van der Waals surface area contributed by atoms with E-state index < -0.39 is 16.1 Å². The molecule has 0 aromatic heterocycles. The molecule has 0 aliphatic rings. The second kappa shape index (κ2) is 10.5. The van der Waals surface area contributed by atoms with E-state index in [0.29, 0.717) is 6.42 Å². The van der Waals surface area contributed by atoms with E-state index in [1.165, 1.54) is 4.31 Å². The van der Waals surface area contributed by atoms with Crippen molar-refractivity contribution in [3.8, 4) is 0 Å². The molecule has 2 aromatic carbocycles. The number of ketones is 1. The fourth-order valence-electron chi connectivity index (χ4n) is 3.00. The molecule has 0 fully saturated rings. The number of benzene rings is 2. The molecular formula is C21H30N4O3S. The minimum Gasteiger partial charge on any atom is -0.388 e. The van der Waals surface area contributed by atoms with Gasteiger partial charge in [0.15, 0.2) is 5.78 Å². The summed E-state index contributed by atoms with van der Waals surface area (Å²) in [5.74, 6) is 5.40. The molecule has 0 aliphatic carbocycles. The van der Waals surface area contributed by atoms with Gasteiger partial charge in [-0.3, -0.25) is 10.6 Å². The summed E-state index contributed by atoms with van der Waals surface area (Å²) >= 11 is 0. The maximum atomic E-state index is 13.2. The van der Waals surface area contributed by atoms with Crippen LogP contribution in [0.1, 0.15) is 19.4 Å². The highest BCUT2D eigenvalue weighted by atomic mass is 32.2. The monoisotopic (exact) mass is 418 g/mol. The van der Waals surface area contributed by atoms with Crippen LogP contribution in [-0.4, -0.2) is 44.7 Å². The van der Waals surface area contributed by atoms with E-state index in [-0.39, 0.29) is 29.7 Å². The molecule has 2 rings (SSSR count). The highest BCUT2D eigenvalue weighted by Crippen LogP contribution is 2.20. The van der Waals surface area contributed by atoms with Gasteiger partial charge < -0.3 is 5.32 Å². The minimum absolute atomic E-state index is 0.0626. The molecule has 0 bridgehead atoms. The molecular weight excluding hydrogens is 388 g/mol. The quantitative estimate of drug-likeness (QED) is 0.381. The van der Waals surface area contributed by atoms with Crippen molar-refractivity contribution < 1.29 is 13.2 Å². The van der Waals surface area contributed by atoms with Crippen LogP contribution < -0.4 is 16.6 Å². The van der Waals surface area contributed by atoms with E-state index in [9.17, 15) is 13.2 Å². The molecule has 0 radical (unpaired) electrons. The van der Waals surface area contributed by atoms with Crippen molar-refractivity contribution >= 4 is 21.5 Å². The molecule has 158 valence electrons. The third-order valence-corrected chi connectivity index (χ3v) is 6.38. The number of nitrogens with one attached hydrogen (secondary N) is 2. The Bertz CT molecular complexity index is 884. The Morgan fingerprint density at radius 2 is 1.69 bits per heavy atom. The topological polar surface area (TPSA) is 105 Å². The van der Waals surface area contributed by atoms with Crippen molar-refractivity contribution in [1.29, 1.82) is 0 Å². The van der Waals surface area contributed by atoms with Gasteiger partial charge in [-0.1, -0.05) is 44.2 Å². The molecule has 8 heteroatoms. The van der Waals surface area contributed by atoms with Crippen LogP contribution in [0.4, 0.5) is 5.69 Å². The molecule has 1 atom stereocenters. The van der Waals surface area contributed by atoms with Crippen LogP contribution in [-0.2, 0) is 21.2 Å². The zero-order valence-corrected chi connectivity index (χ0v) is 17.9. The number of anilines is 1. The van der Waals surface area contributed by atoms with Gasteiger partial charge in [-0.05, 0) is 42.2 Å². The number of hydrazine groups is 1. The Hall–Kier alpha value is -2.26. The molecule has 0 spiro atoms. The smallest absolute Gasteiger partial charge is 0.243 e. The SMILES string of the molecule is CNc1ccc(S(=O)(=O)N(CC(=O)C(Cc2ccccc2)NN)CC(C)C)cc1. The normalized spacial score (nSPS) is 12.9. The van der Waals surface area contributed by atoms with Crippen molar-refractivity contribution in [3.63, 3.8) is 0 Å². The van der Waals surface area contributed by atoms with Gasteiger partial charge >= 0.3 is 0 Å². The van der Waals surface area contributed by atoms with Gasteiger partial charge in [0.05, 0.1) is 17.5 Å². The van der Waals surface area contributed by atoms with Gasteiger partial charge in [-0.2, -0.15) is 4.31 Å². The van der Waals surface area contributed by atoms with Gasteiger partial charge in [0, 0.05) is 19.3 Å².